The third-order valence-corrected chi connectivity index (χ3v) is 9.61. The summed E-state index contributed by atoms with van der Waals surface area (Å²) in [6, 6.07) is 18.1. The van der Waals surface area contributed by atoms with E-state index in [2.05, 4.69) is 39.7 Å². The number of methoxy groups -OCH3 is 1. The van der Waals surface area contributed by atoms with Crippen molar-refractivity contribution in [3.63, 3.8) is 0 Å². The molecule has 0 N–H and O–H groups in total. The van der Waals surface area contributed by atoms with Crippen molar-refractivity contribution >= 4 is 36.1 Å². The first kappa shape index (κ1) is 37.0. The van der Waals surface area contributed by atoms with Crippen LogP contribution in [0.1, 0.15) is 47.9 Å². The third-order valence-electron chi connectivity index (χ3n) is 8.62. The molecule has 3 aromatic carbocycles. The van der Waals surface area contributed by atoms with Crippen LogP contribution in [0, 0.1) is 6.92 Å². The van der Waals surface area contributed by atoms with E-state index in [1.807, 2.05) is 55.0 Å². The van der Waals surface area contributed by atoms with Crippen molar-refractivity contribution in [1.82, 2.24) is 9.88 Å². The second-order valence-corrected chi connectivity index (χ2v) is 13.4. The maximum absolute atomic E-state index is 11.0. The zero-order chi connectivity index (χ0) is 35.3. The molecule has 50 heavy (non-hydrogen) atoms. The molecular formula is C39H43ClN2O7S. The molecule has 6 rings (SSSR count). The number of aldehydes is 1. The lowest BCUT2D eigenvalue weighted by Gasteiger charge is -2.27. The van der Waals surface area contributed by atoms with Crippen LogP contribution in [0.5, 0.6) is 23.0 Å². The summed E-state index contributed by atoms with van der Waals surface area (Å²) in [5, 5.41) is 0.566. The van der Waals surface area contributed by atoms with E-state index in [-0.39, 0.29) is 6.10 Å². The number of aromatic nitrogens is 1. The summed E-state index contributed by atoms with van der Waals surface area (Å²) >= 11 is 8.51. The van der Waals surface area contributed by atoms with E-state index in [0.717, 1.165) is 69.9 Å². The van der Waals surface area contributed by atoms with Gasteiger partial charge < -0.3 is 28.5 Å². The van der Waals surface area contributed by atoms with E-state index in [9.17, 15) is 4.79 Å². The maximum Gasteiger partial charge on any atom is 0.292 e. The monoisotopic (exact) mass is 718 g/mol. The fourth-order valence-corrected chi connectivity index (χ4v) is 6.61. The zero-order valence-electron chi connectivity index (χ0n) is 28.7. The fraction of sp³-hybridized carbons (Fsp3) is 0.359. The second-order valence-electron chi connectivity index (χ2n) is 12.1. The molecule has 1 saturated heterocycles. The van der Waals surface area contributed by atoms with E-state index in [0.29, 0.717) is 55.0 Å². The number of ether oxygens (including phenoxy) is 5. The number of carbonyl (C=O) groups excluding carboxylic acids is 2. The van der Waals surface area contributed by atoms with Crippen LogP contribution in [0.2, 0.25) is 5.02 Å². The Morgan fingerprint density at radius 1 is 0.960 bits per heavy atom. The highest BCUT2D eigenvalue weighted by molar-refractivity contribution is 7.98. The number of fused-ring (bicyclic) bond motifs is 1. The summed E-state index contributed by atoms with van der Waals surface area (Å²) in [5.74, 6) is 2.69. The van der Waals surface area contributed by atoms with E-state index in [1.54, 1.807) is 11.8 Å². The van der Waals surface area contributed by atoms with E-state index < -0.39 is 0 Å². The molecule has 0 aliphatic carbocycles. The summed E-state index contributed by atoms with van der Waals surface area (Å²) in [6.07, 6.45) is 10.3. The molecule has 4 aromatic rings. The number of pyridine rings is 1. The summed E-state index contributed by atoms with van der Waals surface area (Å²) < 4.78 is 28.5. The number of hydrogen-bond acceptors (Lipinski definition) is 10. The average Bonchev–Trinajstić information content (AvgIpc) is 3.15. The van der Waals surface area contributed by atoms with Crippen molar-refractivity contribution < 1.29 is 33.3 Å². The van der Waals surface area contributed by atoms with Crippen LogP contribution < -0.4 is 18.9 Å². The van der Waals surface area contributed by atoms with Crippen molar-refractivity contribution in [1.29, 1.82) is 0 Å². The molecule has 0 amide bonds. The molecule has 2 aliphatic heterocycles. The number of likely N-dealkylation sites (tertiary alicyclic amines) is 1. The van der Waals surface area contributed by atoms with Gasteiger partial charge in [0.25, 0.3) is 6.47 Å². The van der Waals surface area contributed by atoms with Crippen LogP contribution in [-0.4, -0.2) is 61.8 Å². The molecule has 0 spiro atoms. The third kappa shape index (κ3) is 9.93. The van der Waals surface area contributed by atoms with Gasteiger partial charge in [-0.1, -0.05) is 42.3 Å². The Hall–Kier alpha value is -4.25. The van der Waals surface area contributed by atoms with Crippen LogP contribution in [-0.2, 0) is 34.1 Å². The van der Waals surface area contributed by atoms with E-state index >= 15 is 0 Å². The SMILES string of the molecule is COC=O.CSc1cncc(COc2cc(OCc3cccc(-c4ccc5c(c4)OC(CC=O)CO5)c3C)c(Cl)cc2CN2CCCCC2)c1. The van der Waals surface area contributed by atoms with Crippen LogP contribution >= 0.6 is 23.4 Å². The lowest BCUT2D eigenvalue weighted by atomic mass is 9.96. The standard InChI is InChI=1S/C37H39ClN2O5S.C2H4O2/c1-25-28(7-6-8-32(25)27-9-10-34-37(17-27)45-30(11-14-41)24-44-34)23-43-36-18-35(42-22-26-15-31(46-2)20-39-19-26)29(16-33(36)38)21-40-12-4-3-5-13-40;1-4-2-3/h6-10,14-20,30H,3-5,11-13,21-24H2,1-2H3;2H,1H3. The Kier molecular flexibility index (Phi) is 13.8. The molecule has 2 aliphatic rings. The van der Waals surface area contributed by atoms with Crippen molar-refractivity contribution in [2.75, 3.05) is 33.1 Å². The zero-order valence-corrected chi connectivity index (χ0v) is 30.3. The van der Waals surface area contributed by atoms with Crippen molar-refractivity contribution in [3.05, 3.63) is 94.3 Å². The van der Waals surface area contributed by atoms with Crippen LogP contribution in [0.25, 0.3) is 11.1 Å². The fourth-order valence-electron chi connectivity index (χ4n) is 5.93. The van der Waals surface area contributed by atoms with Gasteiger partial charge in [0.05, 0.1) is 12.1 Å². The van der Waals surface area contributed by atoms with E-state index in [1.165, 1.54) is 26.4 Å². The number of rotatable bonds is 13. The quantitative estimate of drug-likeness (QED) is 0.0997. The number of benzene rings is 3. The first-order valence-electron chi connectivity index (χ1n) is 16.6. The molecule has 1 atom stereocenters. The highest BCUT2D eigenvalue weighted by Gasteiger charge is 2.22. The minimum Gasteiger partial charge on any atom is -0.488 e. The first-order chi connectivity index (χ1) is 24.4. The summed E-state index contributed by atoms with van der Waals surface area (Å²) in [5.41, 5.74) is 6.28. The topological polar surface area (TPSA) is 96.4 Å². The van der Waals surface area contributed by atoms with Crippen molar-refractivity contribution in [3.8, 4) is 34.1 Å². The lowest BCUT2D eigenvalue weighted by Crippen LogP contribution is -2.29. The smallest absolute Gasteiger partial charge is 0.292 e. The number of piperidine rings is 1. The molecule has 1 fully saturated rings. The highest BCUT2D eigenvalue weighted by atomic mass is 35.5. The minimum atomic E-state index is -0.275. The highest BCUT2D eigenvalue weighted by Crippen LogP contribution is 2.39. The summed E-state index contributed by atoms with van der Waals surface area (Å²) in [4.78, 5) is 27.9. The van der Waals surface area contributed by atoms with Crippen molar-refractivity contribution in [2.24, 2.45) is 0 Å². The normalized spacial score (nSPS) is 15.3. The van der Waals surface area contributed by atoms with Gasteiger partial charge in [0.2, 0.25) is 0 Å². The maximum atomic E-state index is 11.0. The molecule has 3 heterocycles. The predicted octanol–water partition coefficient (Wildman–Crippen LogP) is 8.09. The number of nitrogens with zero attached hydrogens (tertiary/aromatic N) is 2. The minimum absolute atomic E-state index is 0.275. The Labute approximate surface area is 303 Å². The molecule has 1 unspecified atom stereocenters. The number of thioether (sulfide) groups is 1. The van der Waals surface area contributed by atoms with Gasteiger partial charge in [-0.25, -0.2) is 0 Å². The molecule has 1 aromatic heterocycles. The van der Waals surface area contributed by atoms with Crippen LogP contribution in [0.4, 0.5) is 0 Å². The van der Waals surface area contributed by atoms with Crippen LogP contribution in [0.3, 0.4) is 0 Å². The van der Waals surface area contributed by atoms with E-state index in [4.69, 9.17) is 35.3 Å². The molecule has 264 valence electrons. The van der Waals surface area contributed by atoms with Gasteiger partial charge in [-0.05, 0) is 85.6 Å². The lowest BCUT2D eigenvalue weighted by molar-refractivity contribution is -0.126. The van der Waals surface area contributed by atoms with Gasteiger partial charge in [-0.2, -0.15) is 0 Å². The van der Waals surface area contributed by atoms with Gasteiger partial charge in [-0.15, -0.1) is 11.8 Å². The number of carbonyl (C=O) groups is 2. The molecule has 0 bridgehead atoms. The van der Waals surface area contributed by atoms with Crippen molar-refractivity contribution in [2.45, 2.75) is 63.4 Å². The van der Waals surface area contributed by atoms with Gasteiger partial charge in [0, 0.05) is 47.4 Å². The molecule has 0 saturated carbocycles. The molecule has 0 radical (unpaired) electrons. The van der Waals surface area contributed by atoms with Gasteiger partial charge >= 0.3 is 0 Å². The Morgan fingerprint density at radius 3 is 2.52 bits per heavy atom. The Morgan fingerprint density at radius 2 is 1.76 bits per heavy atom. The summed E-state index contributed by atoms with van der Waals surface area (Å²) in [7, 11) is 1.31. The van der Waals surface area contributed by atoms with Gasteiger partial charge in [0.15, 0.2) is 11.5 Å². The second kappa shape index (κ2) is 18.7. The molecular weight excluding hydrogens is 676 g/mol. The molecule has 9 nitrogen and oxygen atoms in total. The van der Waals surface area contributed by atoms with Crippen LogP contribution in [0.15, 0.2) is 71.9 Å². The van der Waals surface area contributed by atoms with Gasteiger partial charge in [0.1, 0.15) is 43.7 Å². The largest absolute Gasteiger partial charge is 0.488 e. The summed E-state index contributed by atoms with van der Waals surface area (Å²) in [6.45, 7) is 6.52. The van der Waals surface area contributed by atoms with Gasteiger partial charge in [-0.3, -0.25) is 14.7 Å². The predicted molar refractivity (Wildman–Crippen MR) is 196 cm³/mol. The number of hydrogen-bond donors (Lipinski definition) is 0. The number of halogens is 1. The average molecular weight is 719 g/mol. The molecule has 11 heteroatoms. The Bertz CT molecular complexity index is 1750. The Balaban J connectivity index is 0.00000115. The first-order valence-corrected chi connectivity index (χ1v) is 18.2.